The first kappa shape index (κ1) is 14.6. The average molecular weight is 296 g/mol. The molecule has 0 fully saturated rings. The zero-order valence-electron chi connectivity index (χ0n) is 11.4. The number of furan rings is 1. The Morgan fingerprint density at radius 3 is 3.10 bits per heavy atom. The lowest BCUT2D eigenvalue weighted by Crippen LogP contribution is -2.10. The fourth-order valence-electron chi connectivity index (χ4n) is 1.55. The summed E-state index contributed by atoms with van der Waals surface area (Å²) in [5, 5.41) is 4.04. The number of rotatable bonds is 7. The molecule has 7 heteroatoms. The van der Waals surface area contributed by atoms with Gasteiger partial charge in [-0.2, -0.15) is 4.98 Å². The highest BCUT2D eigenvalue weighted by molar-refractivity contribution is 7.99. The second-order valence-electron chi connectivity index (χ2n) is 4.16. The van der Waals surface area contributed by atoms with Crippen molar-refractivity contribution in [3.05, 3.63) is 24.4 Å². The SMILES string of the molecule is CCOC(=O)C[C@H](C)SCc1noc(-c2ccoc2)n1. The van der Waals surface area contributed by atoms with Gasteiger partial charge in [0.15, 0.2) is 5.82 Å². The van der Waals surface area contributed by atoms with Gasteiger partial charge < -0.3 is 13.7 Å². The highest BCUT2D eigenvalue weighted by Crippen LogP contribution is 2.22. The maximum atomic E-state index is 11.3. The van der Waals surface area contributed by atoms with E-state index in [9.17, 15) is 4.79 Å². The van der Waals surface area contributed by atoms with E-state index in [0.29, 0.717) is 30.5 Å². The molecule has 2 aromatic rings. The van der Waals surface area contributed by atoms with Crippen molar-refractivity contribution in [1.29, 1.82) is 0 Å². The van der Waals surface area contributed by atoms with Gasteiger partial charge in [-0.1, -0.05) is 12.1 Å². The number of esters is 1. The third-order valence-corrected chi connectivity index (χ3v) is 3.65. The van der Waals surface area contributed by atoms with Gasteiger partial charge in [-0.3, -0.25) is 4.79 Å². The fourth-order valence-corrected chi connectivity index (χ4v) is 2.35. The van der Waals surface area contributed by atoms with E-state index in [2.05, 4.69) is 10.1 Å². The first-order valence-electron chi connectivity index (χ1n) is 6.31. The Morgan fingerprint density at radius 1 is 1.55 bits per heavy atom. The molecule has 0 aliphatic rings. The van der Waals surface area contributed by atoms with Gasteiger partial charge in [-0.25, -0.2) is 0 Å². The summed E-state index contributed by atoms with van der Waals surface area (Å²) in [5.74, 6) is 1.44. The molecule has 2 rings (SSSR count). The summed E-state index contributed by atoms with van der Waals surface area (Å²) in [5.41, 5.74) is 0.758. The first-order valence-corrected chi connectivity index (χ1v) is 7.36. The minimum absolute atomic E-state index is 0.143. The van der Waals surface area contributed by atoms with E-state index in [4.69, 9.17) is 13.7 Å². The normalized spacial score (nSPS) is 12.3. The van der Waals surface area contributed by atoms with Gasteiger partial charge in [0.25, 0.3) is 5.89 Å². The summed E-state index contributed by atoms with van der Waals surface area (Å²) in [6, 6.07) is 1.76. The molecule has 2 aromatic heterocycles. The Labute approximate surface area is 120 Å². The van der Waals surface area contributed by atoms with Crippen LogP contribution >= 0.6 is 11.8 Å². The maximum absolute atomic E-state index is 11.3. The van der Waals surface area contributed by atoms with Gasteiger partial charge in [0, 0.05) is 5.25 Å². The summed E-state index contributed by atoms with van der Waals surface area (Å²) in [6.07, 6.45) is 3.48. The monoisotopic (exact) mass is 296 g/mol. The topological polar surface area (TPSA) is 78.4 Å². The molecule has 0 saturated carbocycles. The van der Waals surface area contributed by atoms with Crippen LogP contribution in [0.2, 0.25) is 0 Å². The predicted octanol–water partition coefficient (Wildman–Crippen LogP) is 2.90. The van der Waals surface area contributed by atoms with Crippen LogP contribution < -0.4 is 0 Å². The van der Waals surface area contributed by atoms with Gasteiger partial charge in [-0.15, -0.1) is 11.8 Å². The highest BCUT2D eigenvalue weighted by atomic mass is 32.2. The number of hydrogen-bond donors (Lipinski definition) is 0. The number of thioether (sulfide) groups is 1. The lowest BCUT2D eigenvalue weighted by atomic mass is 10.3. The first-order chi connectivity index (χ1) is 9.69. The molecule has 0 bridgehead atoms. The van der Waals surface area contributed by atoms with E-state index in [1.807, 2.05) is 6.92 Å². The maximum Gasteiger partial charge on any atom is 0.306 e. The zero-order chi connectivity index (χ0) is 14.4. The molecule has 108 valence electrons. The van der Waals surface area contributed by atoms with Crippen LogP contribution in [-0.2, 0) is 15.3 Å². The Balaban J connectivity index is 1.81. The Kier molecular flexibility index (Phi) is 5.23. The molecule has 0 saturated heterocycles. The van der Waals surface area contributed by atoms with E-state index in [1.165, 1.54) is 0 Å². The largest absolute Gasteiger partial charge is 0.472 e. The highest BCUT2D eigenvalue weighted by Gasteiger charge is 2.14. The third-order valence-electron chi connectivity index (χ3n) is 2.49. The molecule has 1 atom stereocenters. The molecule has 2 heterocycles. The van der Waals surface area contributed by atoms with Crippen molar-refractivity contribution in [3.8, 4) is 11.5 Å². The van der Waals surface area contributed by atoms with E-state index >= 15 is 0 Å². The van der Waals surface area contributed by atoms with Crippen molar-refractivity contribution in [3.63, 3.8) is 0 Å². The van der Waals surface area contributed by atoms with Crippen molar-refractivity contribution in [1.82, 2.24) is 10.1 Å². The van der Waals surface area contributed by atoms with Crippen LogP contribution in [0, 0.1) is 0 Å². The van der Waals surface area contributed by atoms with Crippen LogP contribution in [0.15, 0.2) is 27.5 Å². The number of carbonyl (C=O) groups excluding carboxylic acids is 1. The van der Waals surface area contributed by atoms with Gasteiger partial charge in [0.05, 0.1) is 30.6 Å². The molecule has 20 heavy (non-hydrogen) atoms. The molecule has 0 spiro atoms. The molecular weight excluding hydrogens is 280 g/mol. The van der Waals surface area contributed by atoms with Crippen molar-refractivity contribution in [2.24, 2.45) is 0 Å². The summed E-state index contributed by atoms with van der Waals surface area (Å²) in [4.78, 5) is 15.6. The molecular formula is C13H16N2O4S. The molecule has 0 aliphatic heterocycles. The quantitative estimate of drug-likeness (QED) is 0.727. The summed E-state index contributed by atoms with van der Waals surface area (Å²) in [7, 11) is 0. The Hall–Kier alpha value is -1.76. The van der Waals surface area contributed by atoms with Gasteiger partial charge in [0.1, 0.15) is 6.26 Å². The van der Waals surface area contributed by atoms with E-state index < -0.39 is 0 Å². The minimum Gasteiger partial charge on any atom is -0.472 e. The number of hydrogen-bond acceptors (Lipinski definition) is 7. The van der Waals surface area contributed by atoms with Crippen LogP contribution in [-0.4, -0.2) is 28.0 Å². The molecule has 0 radical (unpaired) electrons. The standard InChI is InChI=1S/C13H16N2O4S/c1-3-18-12(16)6-9(2)20-8-11-14-13(19-15-11)10-4-5-17-7-10/h4-5,7,9H,3,6,8H2,1-2H3/t9-/m0/s1. The number of ether oxygens (including phenoxy) is 1. The molecule has 6 nitrogen and oxygen atoms in total. The summed E-state index contributed by atoms with van der Waals surface area (Å²) >= 11 is 1.58. The minimum atomic E-state index is -0.181. The smallest absolute Gasteiger partial charge is 0.306 e. The summed E-state index contributed by atoms with van der Waals surface area (Å²) in [6.45, 7) is 4.18. The van der Waals surface area contributed by atoms with Gasteiger partial charge in [-0.05, 0) is 13.0 Å². The molecule has 0 aliphatic carbocycles. The lowest BCUT2D eigenvalue weighted by Gasteiger charge is -2.08. The summed E-state index contributed by atoms with van der Waals surface area (Å²) < 4.78 is 15.0. The second kappa shape index (κ2) is 7.14. The van der Waals surface area contributed by atoms with Crippen LogP contribution in [0.4, 0.5) is 0 Å². The van der Waals surface area contributed by atoms with Gasteiger partial charge in [0.2, 0.25) is 0 Å². The van der Waals surface area contributed by atoms with Crippen LogP contribution in [0.3, 0.4) is 0 Å². The van der Waals surface area contributed by atoms with E-state index in [0.717, 1.165) is 5.56 Å². The molecule has 0 aromatic carbocycles. The van der Waals surface area contributed by atoms with E-state index in [1.54, 1.807) is 37.3 Å². The third kappa shape index (κ3) is 4.12. The molecule has 0 N–H and O–H groups in total. The number of carbonyl (C=O) groups is 1. The average Bonchev–Trinajstić information content (AvgIpc) is 3.07. The Morgan fingerprint density at radius 2 is 2.40 bits per heavy atom. The van der Waals surface area contributed by atoms with Crippen LogP contribution in [0.1, 0.15) is 26.1 Å². The Bertz CT molecular complexity index is 538. The van der Waals surface area contributed by atoms with Crippen molar-refractivity contribution >= 4 is 17.7 Å². The number of nitrogens with zero attached hydrogens (tertiary/aromatic N) is 2. The fraction of sp³-hybridized carbons (Fsp3) is 0.462. The zero-order valence-corrected chi connectivity index (χ0v) is 12.2. The molecule has 0 amide bonds. The second-order valence-corrected chi connectivity index (χ2v) is 5.59. The number of aromatic nitrogens is 2. The van der Waals surface area contributed by atoms with Crippen LogP contribution in [0.25, 0.3) is 11.5 Å². The predicted molar refractivity (Wildman–Crippen MR) is 74.0 cm³/mol. The van der Waals surface area contributed by atoms with Crippen molar-refractivity contribution < 1.29 is 18.5 Å². The van der Waals surface area contributed by atoms with Gasteiger partial charge >= 0.3 is 5.97 Å². The van der Waals surface area contributed by atoms with Crippen LogP contribution in [0.5, 0.6) is 0 Å². The van der Waals surface area contributed by atoms with E-state index in [-0.39, 0.29) is 11.2 Å². The van der Waals surface area contributed by atoms with Crippen molar-refractivity contribution in [2.75, 3.05) is 6.61 Å². The van der Waals surface area contributed by atoms with Crippen molar-refractivity contribution in [2.45, 2.75) is 31.3 Å². The lowest BCUT2D eigenvalue weighted by molar-refractivity contribution is -0.142. The molecule has 0 unspecified atom stereocenters.